The van der Waals surface area contributed by atoms with Crippen LogP contribution in [0.5, 0.6) is 0 Å². The normalized spacial score (nSPS) is 23.6. The lowest BCUT2D eigenvalue weighted by Crippen LogP contribution is -2.19. The van der Waals surface area contributed by atoms with Crippen LogP contribution in [-0.4, -0.2) is 11.8 Å². The number of benzene rings is 3. The molecule has 2 aliphatic rings. The Morgan fingerprint density at radius 2 is 1.16 bits per heavy atom. The van der Waals surface area contributed by atoms with Crippen molar-refractivity contribution in [2.45, 2.75) is 31.6 Å². The van der Waals surface area contributed by atoms with Gasteiger partial charge in [-0.3, -0.25) is 9.59 Å². The van der Waals surface area contributed by atoms with Gasteiger partial charge < -0.3 is 10.6 Å². The zero-order chi connectivity index (χ0) is 21.4. The van der Waals surface area contributed by atoms with E-state index in [1.165, 1.54) is 11.1 Å². The summed E-state index contributed by atoms with van der Waals surface area (Å²) >= 11 is 0. The molecule has 0 radical (unpaired) electrons. The van der Waals surface area contributed by atoms with Crippen LogP contribution in [0.1, 0.15) is 41.4 Å². The molecule has 0 unspecified atom stereocenters. The molecule has 0 spiro atoms. The number of aryl methyl sites for hydroxylation is 1. The van der Waals surface area contributed by atoms with E-state index >= 15 is 0 Å². The zero-order valence-corrected chi connectivity index (χ0v) is 17.5. The number of carbonyl (C=O) groups is 2. The number of carbonyl (C=O) groups excluding carboxylic acids is 2. The molecule has 2 N–H and O–H groups in total. The second-order valence-corrected chi connectivity index (χ2v) is 8.75. The Balaban J connectivity index is 1.25. The van der Waals surface area contributed by atoms with Crippen molar-refractivity contribution in [2.24, 2.45) is 11.8 Å². The fourth-order valence-corrected chi connectivity index (χ4v) is 4.43. The van der Waals surface area contributed by atoms with Gasteiger partial charge in [0, 0.05) is 11.8 Å². The third-order valence-corrected chi connectivity index (χ3v) is 6.40. The summed E-state index contributed by atoms with van der Waals surface area (Å²) in [4.78, 5) is 25.7. The standard InChI is InChI=1S/C27H26N2O2/c1-17-12-13-24(28-26(30)22-15-20(22)18-8-4-2-5-9-18)25(14-17)29-27(31)23-16-21(23)19-10-6-3-7-11-19/h2-14,20-23H,15-16H2,1H3,(H,28,30)(H,29,31)/t20-,21-,22+,23+/m1/s1. The van der Waals surface area contributed by atoms with Gasteiger partial charge in [0.05, 0.1) is 11.4 Å². The van der Waals surface area contributed by atoms with Gasteiger partial charge in [0.15, 0.2) is 0 Å². The van der Waals surface area contributed by atoms with Crippen molar-refractivity contribution in [1.29, 1.82) is 0 Å². The first-order chi connectivity index (χ1) is 15.1. The van der Waals surface area contributed by atoms with Crippen LogP contribution in [0.2, 0.25) is 0 Å². The molecule has 0 aromatic heterocycles. The Labute approximate surface area is 182 Å². The molecule has 0 saturated heterocycles. The first-order valence-corrected chi connectivity index (χ1v) is 10.9. The number of anilines is 2. The third kappa shape index (κ3) is 4.24. The Morgan fingerprint density at radius 1 is 0.677 bits per heavy atom. The summed E-state index contributed by atoms with van der Waals surface area (Å²) in [5.74, 6) is 0.561. The number of hydrogen-bond acceptors (Lipinski definition) is 2. The maximum absolute atomic E-state index is 12.9. The molecule has 31 heavy (non-hydrogen) atoms. The van der Waals surface area contributed by atoms with Gasteiger partial charge in [-0.2, -0.15) is 0 Å². The average Bonchev–Trinajstić information content (AvgIpc) is 3.70. The molecule has 2 saturated carbocycles. The van der Waals surface area contributed by atoms with Crippen molar-refractivity contribution in [3.63, 3.8) is 0 Å². The molecule has 3 aromatic rings. The topological polar surface area (TPSA) is 58.2 Å². The molecule has 156 valence electrons. The number of amides is 2. The van der Waals surface area contributed by atoms with Gasteiger partial charge in [-0.05, 0) is 60.4 Å². The van der Waals surface area contributed by atoms with E-state index in [1.807, 2.05) is 61.5 Å². The Morgan fingerprint density at radius 3 is 1.68 bits per heavy atom. The van der Waals surface area contributed by atoms with Crippen LogP contribution < -0.4 is 10.6 Å². The van der Waals surface area contributed by atoms with Gasteiger partial charge in [0.1, 0.15) is 0 Å². The van der Waals surface area contributed by atoms with E-state index in [-0.39, 0.29) is 35.5 Å². The van der Waals surface area contributed by atoms with Crippen LogP contribution in [0, 0.1) is 18.8 Å². The second kappa shape index (κ2) is 8.03. The Kier molecular flexibility index (Phi) is 5.06. The summed E-state index contributed by atoms with van der Waals surface area (Å²) in [6.45, 7) is 1.98. The van der Waals surface area contributed by atoms with Crippen molar-refractivity contribution in [1.82, 2.24) is 0 Å². The average molecular weight is 411 g/mol. The minimum absolute atomic E-state index is 0.0155. The van der Waals surface area contributed by atoms with E-state index in [2.05, 4.69) is 34.9 Å². The minimum Gasteiger partial charge on any atom is -0.324 e. The number of hydrogen-bond donors (Lipinski definition) is 2. The van der Waals surface area contributed by atoms with E-state index in [4.69, 9.17) is 0 Å². The van der Waals surface area contributed by atoms with Gasteiger partial charge in [0.25, 0.3) is 0 Å². The van der Waals surface area contributed by atoms with Gasteiger partial charge in [-0.15, -0.1) is 0 Å². The van der Waals surface area contributed by atoms with Crippen LogP contribution in [-0.2, 0) is 9.59 Å². The van der Waals surface area contributed by atoms with Crippen LogP contribution in [0.3, 0.4) is 0 Å². The third-order valence-electron chi connectivity index (χ3n) is 6.40. The Bertz CT molecular complexity index is 1110. The van der Waals surface area contributed by atoms with Crippen molar-refractivity contribution in [3.05, 3.63) is 95.6 Å². The lowest BCUT2D eigenvalue weighted by atomic mass is 10.1. The SMILES string of the molecule is Cc1ccc(NC(=O)[C@H]2C[C@@H]2c2ccccc2)c(NC(=O)[C@H]2C[C@@H]2c2ccccc2)c1. The molecule has 4 heteroatoms. The maximum atomic E-state index is 12.9. The lowest BCUT2D eigenvalue weighted by molar-refractivity contribution is -0.118. The summed E-state index contributed by atoms with van der Waals surface area (Å²) in [6.07, 6.45) is 1.73. The summed E-state index contributed by atoms with van der Waals surface area (Å²) in [6, 6.07) is 26.1. The van der Waals surface area contributed by atoms with Crippen LogP contribution in [0.4, 0.5) is 11.4 Å². The quantitative estimate of drug-likeness (QED) is 0.565. The molecule has 0 heterocycles. The highest BCUT2D eigenvalue weighted by molar-refractivity contribution is 6.02. The van der Waals surface area contributed by atoms with Gasteiger partial charge >= 0.3 is 0 Å². The molecule has 2 amide bonds. The molecule has 4 nitrogen and oxygen atoms in total. The molecule has 0 bridgehead atoms. The molecular weight excluding hydrogens is 384 g/mol. The van der Waals surface area contributed by atoms with E-state index in [1.54, 1.807) is 0 Å². The van der Waals surface area contributed by atoms with Crippen LogP contribution in [0.25, 0.3) is 0 Å². The highest BCUT2D eigenvalue weighted by atomic mass is 16.2. The molecular formula is C27H26N2O2. The fraction of sp³-hybridized carbons (Fsp3) is 0.259. The van der Waals surface area contributed by atoms with Crippen molar-refractivity contribution in [2.75, 3.05) is 10.6 Å². The van der Waals surface area contributed by atoms with Crippen LogP contribution >= 0.6 is 0 Å². The van der Waals surface area contributed by atoms with Gasteiger partial charge in [-0.25, -0.2) is 0 Å². The van der Waals surface area contributed by atoms with Crippen molar-refractivity contribution in [3.8, 4) is 0 Å². The van der Waals surface area contributed by atoms with E-state index in [9.17, 15) is 9.59 Å². The van der Waals surface area contributed by atoms with Crippen molar-refractivity contribution >= 4 is 23.2 Å². The first-order valence-electron chi connectivity index (χ1n) is 10.9. The first kappa shape index (κ1) is 19.6. The molecule has 5 rings (SSSR count). The number of rotatable bonds is 6. The van der Waals surface area contributed by atoms with E-state index in [0.29, 0.717) is 11.4 Å². The summed E-state index contributed by atoms with van der Waals surface area (Å²) in [7, 11) is 0. The predicted octanol–water partition coefficient (Wildman–Crippen LogP) is 5.48. The van der Waals surface area contributed by atoms with Crippen LogP contribution in [0.15, 0.2) is 78.9 Å². The summed E-state index contributed by atoms with van der Waals surface area (Å²) < 4.78 is 0. The lowest BCUT2D eigenvalue weighted by Gasteiger charge is -2.14. The zero-order valence-electron chi connectivity index (χ0n) is 17.5. The highest BCUT2D eigenvalue weighted by Gasteiger charge is 2.45. The molecule has 2 fully saturated rings. The largest absolute Gasteiger partial charge is 0.324 e. The summed E-state index contributed by atoms with van der Waals surface area (Å²) in [5.41, 5.74) is 4.80. The number of nitrogens with one attached hydrogen (secondary N) is 2. The summed E-state index contributed by atoms with van der Waals surface area (Å²) in [5, 5.41) is 6.12. The fourth-order valence-electron chi connectivity index (χ4n) is 4.43. The molecule has 4 atom stereocenters. The Hall–Kier alpha value is -3.40. The second-order valence-electron chi connectivity index (χ2n) is 8.75. The van der Waals surface area contributed by atoms with Crippen molar-refractivity contribution < 1.29 is 9.59 Å². The molecule has 3 aromatic carbocycles. The maximum Gasteiger partial charge on any atom is 0.228 e. The molecule has 2 aliphatic carbocycles. The van der Waals surface area contributed by atoms with E-state index < -0.39 is 0 Å². The van der Waals surface area contributed by atoms with E-state index in [0.717, 1.165) is 18.4 Å². The smallest absolute Gasteiger partial charge is 0.228 e. The van der Waals surface area contributed by atoms with Gasteiger partial charge in [0.2, 0.25) is 11.8 Å². The monoisotopic (exact) mass is 410 g/mol. The molecule has 0 aliphatic heterocycles. The van der Waals surface area contributed by atoms with Gasteiger partial charge in [-0.1, -0.05) is 66.7 Å². The predicted molar refractivity (Wildman–Crippen MR) is 123 cm³/mol. The minimum atomic E-state index is -0.0163. The highest BCUT2D eigenvalue weighted by Crippen LogP contribution is 2.49.